The lowest BCUT2D eigenvalue weighted by Gasteiger charge is -2.30. The van der Waals surface area contributed by atoms with Gasteiger partial charge >= 0.3 is 0 Å². The highest BCUT2D eigenvalue weighted by Crippen LogP contribution is 2.24. The van der Waals surface area contributed by atoms with E-state index in [0.717, 1.165) is 30.0 Å². The average molecular weight is 336 g/mol. The lowest BCUT2D eigenvalue weighted by molar-refractivity contribution is -0.143. The van der Waals surface area contributed by atoms with E-state index in [4.69, 9.17) is 9.57 Å². The molecule has 2 aromatic carbocycles. The molecule has 4 rings (SSSR count). The molecular formula is C20H20N2O3. The second-order valence-electron chi connectivity index (χ2n) is 6.35. The zero-order valence-corrected chi connectivity index (χ0v) is 14.1. The third-order valence-electron chi connectivity index (χ3n) is 4.79. The van der Waals surface area contributed by atoms with Crippen molar-refractivity contribution in [3.05, 3.63) is 65.2 Å². The third-order valence-corrected chi connectivity index (χ3v) is 4.79. The van der Waals surface area contributed by atoms with E-state index in [1.165, 1.54) is 11.1 Å². The molecule has 5 nitrogen and oxygen atoms in total. The Balaban J connectivity index is 1.43. The molecule has 0 unspecified atom stereocenters. The third kappa shape index (κ3) is 3.09. The Hall–Kier alpha value is -2.82. The van der Waals surface area contributed by atoms with E-state index < -0.39 is 6.10 Å². The van der Waals surface area contributed by atoms with Crippen molar-refractivity contribution in [2.45, 2.75) is 25.5 Å². The molecule has 0 saturated heterocycles. The van der Waals surface area contributed by atoms with E-state index in [9.17, 15) is 4.79 Å². The number of carbonyl (C=O) groups is 1. The maximum absolute atomic E-state index is 12.8. The fraction of sp³-hybridized carbons (Fsp3) is 0.300. The van der Waals surface area contributed by atoms with Gasteiger partial charge in [-0.15, -0.1) is 0 Å². The molecule has 1 atom stereocenters. The Bertz CT molecular complexity index is 831. The summed E-state index contributed by atoms with van der Waals surface area (Å²) < 4.78 is 5.25. The van der Waals surface area contributed by atoms with Crippen molar-refractivity contribution < 1.29 is 14.4 Å². The quantitative estimate of drug-likeness (QED) is 0.866. The van der Waals surface area contributed by atoms with Crippen molar-refractivity contribution >= 4 is 11.6 Å². The summed E-state index contributed by atoms with van der Waals surface area (Å²) in [6.07, 6.45) is 0.842. The van der Waals surface area contributed by atoms with Gasteiger partial charge in [0.25, 0.3) is 5.91 Å². The summed E-state index contributed by atoms with van der Waals surface area (Å²) in [7, 11) is 1.63. The van der Waals surface area contributed by atoms with E-state index in [2.05, 4.69) is 17.3 Å². The van der Waals surface area contributed by atoms with Gasteiger partial charge in [0.2, 0.25) is 6.10 Å². The molecule has 0 aromatic heterocycles. The summed E-state index contributed by atoms with van der Waals surface area (Å²) in [4.78, 5) is 20.1. The molecule has 25 heavy (non-hydrogen) atoms. The highest BCUT2D eigenvalue weighted by molar-refractivity contribution is 6.04. The van der Waals surface area contributed by atoms with E-state index >= 15 is 0 Å². The van der Waals surface area contributed by atoms with Gasteiger partial charge in [-0.25, -0.2) is 0 Å². The maximum atomic E-state index is 12.8. The molecular weight excluding hydrogens is 316 g/mol. The van der Waals surface area contributed by atoms with Crippen molar-refractivity contribution in [3.63, 3.8) is 0 Å². The predicted octanol–water partition coefficient (Wildman–Crippen LogP) is 2.77. The van der Waals surface area contributed by atoms with Gasteiger partial charge in [-0.05, 0) is 29.7 Å². The standard InChI is InChI=1S/C20H20N2O3/c1-24-17-8-4-7-15(11-17)18-12-19(25-21-18)20(23)22-10-9-14-5-2-3-6-16(14)13-22/h2-8,11,19H,9-10,12-13H2,1H3/t19-/m0/s1. The molecule has 0 saturated carbocycles. The maximum Gasteiger partial charge on any atom is 0.267 e. The van der Waals surface area contributed by atoms with Crippen molar-refractivity contribution in [3.8, 4) is 5.75 Å². The lowest BCUT2D eigenvalue weighted by Crippen LogP contribution is -2.42. The van der Waals surface area contributed by atoms with Gasteiger partial charge in [-0.3, -0.25) is 4.79 Å². The number of oxime groups is 1. The van der Waals surface area contributed by atoms with Crippen molar-refractivity contribution in [2.75, 3.05) is 13.7 Å². The minimum Gasteiger partial charge on any atom is -0.497 e. The minimum atomic E-state index is -0.536. The normalized spacial score (nSPS) is 19.0. The number of carbonyl (C=O) groups excluding carboxylic acids is 1. The van der Waals surface area contributed by atoms with Crippen LogP contribution in [0, 0.1) is 0 Å². The summed E-state index contributed by atoms with van der Waals surface area (Å²) in [6, 6.07) is 15.9. The molecule has 0 fully saturated rings. The number of amides is 1. The molecule has 2 aromatic rings. The largest absolute Gasteiger partial charge is 0.497 e. The van der Waals surface area contributed by atoms with Gasteiger partial charge in [-0.2, -0.15) is 0 Å². The van der Waals surface area contributed by atoms with Gasteiger partial charge in [0.05, 0.1) is 12.8 Å². The highest BCUT2D eigenvalue weighted by atomic mass is 16.6. The van der Waals surface area contributed by atoms with Crippen LogP contribution in [0.25, 0.3) is 0 Å². The topological polar surface area (TPSA) is 51.1 Å². The molecule has 2 aliphatic rings. The van der Waals surface area contributed by atoms with Crippen LogP contribution in [-0.4, -0.2) is 36.3 Å². The first-order valence-electron chi connectivity index (χ1n) is 8.47. The summed E-state index contributed by atoms with van der Waals surface area (Å²) >= 11 is 0. The van der Waals surface area contributed by atoms with E-state index in [-0.39, 0.29) is 5.91 Å². The Kier molecular flexibility index (Phi) is 4.14. The number of nitrogens with zero attached hydrogens (tertiary/aromatic N) is 2. The first-order valence-corrected chi connectivity index (χ1v) is 8.47. The molecule has 2 aliphatic heterocycles. The highest BCUT2D eigenvalue weighted by Gasteiger charge is 2.33. The van der Waals surface area contributed by atoms with Crippen molar-refractivity contribution in [1.29, 1.82) is 0 Å². The second-order valence-corrected chi connectivity index (χ2v) is 6.35. The number of hydrogen-bond donors (Lipinski definition) is 0. The Morgan fingerprint density at radius 2 is 2.04 bits per heavy atom. The average Bonchev–Trinajstić information content (AvgIpc) is 3.17. The molecule has 0 aliphatic carbocycles. The smallest absolute Gasteiger partial charge is 0.267 e. The van der Waals surface area contributed by atoms with Crippen LogP contribution in [0.3, 0.4) is 0 Å². The van der Waals surface area contributed by atoms with Gasteiger partial charge in [0.1, 0.15) is 5.75 Å². The number of hydrogen-bond acceptors (Lipinski definition) is 4. The van der Waals surface area contributed by atoms with Crippen LogP contribution in [0.5, 0.6) is 5.75 Å². The zero-order chi connectivity index (χ0) is 17.2. The lowest BCUT2D eigenvalue weighted by atomic mass is 9.98. The second kappa shape index (κ2) is 6.59. The molecule has 0 bridgehead atoms. The summed E-state index contributed by atoms with van der Waals surface area (Å²) in [6.45, 7) is 1.37. The first-order chi connectivity index (χ1) is 12.2. The van der Waals surface area contributed by atoms with Crippen LogP contribution in [0.4, 0.5) is 0 Å². The molecule has 2 heterocycles. The van der Waals surface area contributed by atoms with Crippen LogP contribution >= 0.6 is 0 Å². The zero-order valence-electron chi connectivity index (χ0n) is 14.1. The fourth-order valence-electron chi connectivity index (χ4n) is 3.37. The first kappa shape index (κ1) is 15.7. The number of rotatable bonds is 3. The fourth-order valence-corrected chi connectivity index (χ4v) is 3.37. The SMILES string of the molecule is COc1cccc(C2=NO[C@H](C(=O)N3CCc4ccccc4C3)C2)c1. The molecule has 5 heteroatoms. The molecule has 1 amide bonds. The minimum absolute atomic E-state index is 0.0103. The molecule has 128 valence electrons. The number of fused-ring (bicyclic) bond motifs is 1. The number of methoxy groups -OCH3 is 1. The molecule has 0 radical (unpaired) electrons. The van der Waals surface area contributed by atoms with E-state index in [0.29, 0.717) is 13.0 Å². The molecule has 0 N–H and O–H groups in total. The van der Waals surface area contributed by atoms with Crippen LogP contribution in [0.1, 0.15) is 23.1 Å². The Morgan fingerprint density at radius 1 is 1.20 bits per heavy atom. The summed E-state index contributed by atoms with van der Waals surface area (Å²) in [5.74, 6) is 0.777. The van der Waals surface area contributed by atoms with Gasteiger partial charge in [-0.1, -0.05) is 41.6 Å². The Morgan fingerprint density at radius 3 is 2.88 bits per heavy atom. The van der Waals surface area contributed by atoms with Gasteiger partial charge < -0.3 is 14.5 Å². The van der Waals surface area contributed by atoms with Gasteiger partial charge in [0, 0.05) is 25.1 Å². The summed E-state index contributed by atoms with van der Waals surface area (Å²) in [5.41, 5.74) is 4.26. The van der Waals surface area contributed by atoms with Crippen LogP contribution < -0.4 is 4.74 Å². The predicted molar refractivity (Wildman–Crippen MR) is 94.6 cm³/mol. The Labute approximate surface area is 146 Å². The summed E-state index contributed by atoms with van der Waals surface area (Å²) in [5, 5.41) is 4.14. The van der Waals surface area contributed by atoms with Crippen LogP contribution in [0.2, 0.25) is 0 Å². The molecule has 0 spiro atoms. The van der Waals surface area contributed by atoms with Crippen molar-refractivity contribution in [2.24, 2.45) is 5.16 Å². The van der Waals surface area contributed by atoms with Crippen LogP contribution in [-0.2, 0) is 22.6 Å². The monoisotopic (exact) mass is 336 g/mol. The van der Waals surface area contributed by atoms with Gasteiger partial charge in [0.15, 0.2) is 0 Å². The van der Waals surface area contributed by atoms with Crippen LogP contribution in [0.15, 0.2) is 53.7 Å². The number of ether oxygens (including phenoxy) is 1. The number of benzene rings is 2. The van der Waals surface area contributed by atoms with E-state index in [1.54, 1.807) is 7.11 Å². The van der Waals surface area contributed by atoms with Crippen molar-refractivity contribution in [1.82, 2.24) is 4.90 Å². The van der Waals surface area contributed by atoms with E-state index in [1.807, 2.05) is 41.3 Å².